The van der Waals surface area contributed by atoms with E-state index >= 15 is 0 Å². The fraction of sp³-hybridized carbons (Fsp3) is 0.786. The van der Waals surface area contributed by atoms with E-state index in [2.05, 4.69) is 62.4 Å². The van der Waals surface area contributed by atoms with E-state index in [0.717, 1.165) is 17.2 Å². The van der Waals surface area contributed by atoms with Gasteiger partial charge in [0.15, 0.2) is 0 Å². The zero-order chi connectivity index (χ0) is 14.5. The number of thiazole rings is 1. The average Bonchev–Trinajstić information content (AvgIpc) is 2.74. The Balaban J connectivity index is 2.34. The maximum atomic E-state index is 5.77. The van der Waals surface area contributed by atoms with Crippen LogP contribution in [0.2, 0.25) is 0 Å². The van der Waals surface area contributed by atoms with Crippen molar-refractivity contribution in [2.24, 2.45) is 0 Å². The minimum Gasteiger partial charge on any atom is -0.373 e. The highest BCUT2D eigenvalue weighted by Gasteiger charge is 2.20. The van der Waals surface area contributed by atoms with Crippen LogP contribution in [0.15, 0.2) is 5.38 Å². The van der Waals surface area contributed by atoms with E-state index in [1.54, 1.807) is 11.3 Å². The van der Waals surface area contributed by atoms with E-state index in [-0.39, 0.29) is 5.54 Å². The molecule has 0 aromatic carbocycles. The molecule has 0 unspecified atom stereocenters. The van der Waals surface area contributed by atoms with Crippen molar-refractivity contribution in [2.45, 2.75) is 52.4 Å². The van der Waals surface area contributed by atoms with Crippen LogP contribution < -0.4 is 5.32 Å². The van der Waals surface area contributed by atoms with Gasteiger partial charge in [-0.15, -0.1) is 11.3 Å². The second-order valence-corrected chi connectivity index (χ2v) is 6.91. The number of hydrogen-bond donors (Lipinski definition) is 1. The van der Waals surface area contributed by atoms with Gasteiger partial charge in [0.1, 0.15) is 5.01 Å². The zero-order valence-electron chi connectivity index (χ0n) is 13.0. The summed E-state index contributed by atoms with van der Waals surface area (Å²) in [6.45, 7) is 10.8. The van der Waals surface area contributed by atoms with Gasteiger partial charge in [-0.2, -0.15) is 0 Å². The molecule has 1 aromatic heterocycles. The standard InChI is InChI=1S/C14H27N3OS/c1-11(2)15-7-13-16-12(9-19-13)8-18-10-14(3,4)17(5)6/h9,11,15H,7-8,10H2,1-6H3. The van der Waals surface area contributed by atoms with Crippen molar-refractivity contribution in [3.63, 3.8) is 0 Å². The molecule has 1 N–H and O–H groups in total. The lowest BCUT2D eigenvalue weighted by Crippen LogP contribution is -2.42. The molecular formula is C14H27N3OS. The summed E-state index contributed by atoms with van der Waals surface area (Å²) in [5, 5.41) is 6.58. The predicted octanol–water partition coefficient (Wildman–Crippen LogP) is 2.50. The second-order valence-electron chi connectivity index (χ2n) is 5.97. The summed E-state index contributed by atoms with van der Waals surface area (Å²) in [7, 11) is 4.14. The van der Waals surface area contributed by atoms with E-state index in [0.29, 0.717) is 19.3 Å². The van der Waals surface area contributed by atoms with Crippen LogP contribution in [0.3, 0.4) is 0 Å². The first-order valence-electron chi connectivity index (χ1n) is 6.73. The highest BCUT2D eigenvalue weighted by molar-refractivity contribution is 7.09. The van der Waals surface area contributed by atoms with E-state index in [9.17, 15) is 0 Å². The third-order valence-electron chi connectivity index (χ3n) is 3.18. The summed E-state index contributed by atoms with van der Waals surface area (Å²) >= 11 is 1.69. The molecule has 1 heterocycles. The molecule has 0 aliphatic heterocycles. The SMILES string of the molecule is CC(C)NCc1nc(COCC(C)(C)N(C)C)cs1. The van der Waals surface area contributed by atoms with Gasteiger partial charge in [-0.25, -0.2) is 4.98 Å². The topological polar surface area (TPSA) is 37.4 Å². The van der Waals surface area contributed by atoms with Crippen LogP contribution in [0, 0.1) is 0 Å². The van der Waals surface area contributed by atoms with Crippen molar-refractivity contribution >= 4 is 11.3 Å². The maximum Gasteiger partial charge on any atom is 0.107 e. The van der Waals surface area contributed by atoms with Crippen LogP contribution in [0.4, 0.5) is 0 Å². The van der Waals surface area contributed by atoms with Gasteiger partial charge in [-0.05, 0) is 27.9 Å². The average molecular weight is 285 g/mol. The largest absolute Gasteiger partial charge is 0.373 e. The molecular weight excluding hydrogens is 258 g/mol. The Labute approximate surface area is 121 Å². The Kier molecular flexibility index (Phi) is 6.39. The molecule has 0 amide bonds. The molecule has 4 nitrogen and oxygen atoms in total. The summed E-state index contributed by atoms with van der Waals surface area (Å²) in [5.41, 5.74) is 1.08. The van der Waals surface area contributed by atoms with E-state index in [1.807, 2.05) is 0 Å². The molecule has 0 aliphatic carbocycles. The minimum atomic E-state index is 0.0536. The van der Waals surface area contributed by atoms with Crippen molar-refractivity contribution in [1.82, 2.24) is 15.2 Å². The number of hydrogen-bond acceptors (Lipinski definition) is 5. The van der Waals surface area contributed by atoms with Gasteiger partial charge in [-0.3, -0.25) is 0 Å². The first-order chi connectivity index (χ1) is 8.81. The Morgan fingerprint density at radius 3 is 2.68 bits per heavy atom. The number of nitrogens with zero attached hydrogens (tertiary/aromatic N) is 2. The summed E-state index contributed by atoms with van der Waals surface area (Å²) < 4.78 is 5.77. The van der Waals surface area contributed by atoms with Crippen LogP contribution in [0.25, 0.3) is 0 Å². The van der Waals surface area contributed by atoms with Crippen molar-refractivity contribution in [3.05, 3.63) is 16.1 Å². The molecule has 110 valence electrons. The van der Waals surface area contributed by atoms with E-state index < -0.39 is 0 Å². The highest BCUT2D eigenvalue weighted by atomic mass is 32.1. The van der Waals surface area contributed by atoms with Gasteiger partial charge in [0.2, 0.25) is 0 Å². The van der Waals surface area contributed by atoms with Crippen molar-refractivity contribution < 1.29 is 4.74 Å². The van der Waals surface area contributed by atoms with Crippen LogP contribution in [-0.2, 0) is 17.9 Å². The van der Waals surface area contributed by atoms with Crippen LogP contribution in [-0.4, -0.2) is 42.2 Å². The summed E-state index contributed by atoms with van der Waals surface area (Å²) in [6, 6.07) is 0.490. The molecule has 1 rings (SSSR count). The van der Waals surface area contributed by atoms with E-state index in [4.69, 9.17) is 4.74 Å². The van der Waals surface area contributed by atoms with Crippen LogP contribution in [0.5, 0.6) is 0 Å². The van der Waals surface area contributed by atoms with Gasteiger partial charge < -0.3 is 15.0 Å². The molecule has 0 fully saturated rings. The molecule has 0 saturated heterocycles. The summed E-state index contributed by atoms with van der Waals surface area (Å²) in [4.78, 5) is 6.74. The molecule has 1 aromatic rings. The third-order valence-corrected chi connectivity index (χ3v) is 4.07. The predicted molar refractivity (Wildman–Crippen MR) is 81.5 cm³/mol. The molecule has 5 heteroatoms. The molecule has 0 atom stereocenters. The molecule has 0 bridgehead atoms. The first kappa shape index (κ1) is 16.6. The molecule has 0 aliphatic rings. The lowest BCUT2D eigenvalue weighted by atomic mass is 10.1. The lowest BCUT2D eigenvalue weighted by Gasteiger charge is -2.31. The molecule has 0 spiro atoms. The number of likely N-dealkylation sites (N-methyl/N-ethyl adjacent to an activating group) is 1. The zero-order valence-corrected chi connectivity index (χ0v) is 13.8. The number of ether oxygens (including phenoxy) is 1. The smallest absolute Gasteiger partial charge is 0.107 e. The highest BCUT2D eigenvalue weighted by Crippen LogP contribution is 2.14. The van der Waals surface area contributed by atoms with Crippen molar-refractivity contribution in [2.75, 3.05) is 20.7 Å². The second kappa shape index (κ2) is 7.33. The van der Waals surface area contributed by atoms with Gasteiger partial charge in [0.25, 0.3) is 0 Å². The molecule has 0 radical (unpaired) electrons. The van der Waals surface area contributed by atoms with Gasteiger partial charge in [0, 0.05) is 23.5 Å². The Morgan fingerprint density at radius 2 is 2.11 bits per heavy atom. The van der Waals surface area contributed by atoms with Crippen molar-refractivity contribution in [3.8, 4) is 0 Å². The molecule has 0 saturated carbocycles. The monoisotopic (exact) mass is 285 g/mol. The summed E-state index contributed by atoms with van der Waals surface area (Å²) in [5.74, 6) is 0. The Hall–Kier alpha value is -0.490. The Morgan fingerprint density at radius 1 is 1.42 bits per heavy atom. The minimum absolute atomic E-state index is 0.0536. The molecule has 19 heavy (non-hydrogen) atoms. The first-order valence-corrected chi connectivity index (χ1v) is 7.61. The van der Waals surface area contributed by atoms with Gasteiger partial charge in [0.05, 0.1) is 18.9 Å². The summed E-state index contributed by atoms with van der Waals surface area (Å²) in [6.07, 6.45) is 0. The fourth-order valence-corrected chi connectivity index (χ4v) is 2.05. The number of rotatable bonds is 8. The van der Waals surface area contributed by atoms with Gasteiger partial charge in [-0.1, -0.05) is 13.8 Å². The maximum absolute atomic E-state index is 5.77. The van der Waals surface area contributed by atoms with Crippen molar-refractivity contribution in [1.29, 1.82) is 0 Å². The number of aromatic nitrogens is 1. The quantitative estimate of drug-likeness (QED) is 0.796. The number of nitrogens with one attached hydrogen (secondary N) is 1. The fourth-order valence-electron chi connectivity index (χ4n) is 1.32. The van der Waals surface area contributed by atoms with Gasteiger partial charge >= 0.3 is 0 Å². The lowest BCUT2D eigenvalue weighted by molar-refractivity contribution is 0.0263. The third kappa shape index (κ3) is 5.99. The van der Waals surface area contributed by atoms with Crippen LogP contribution in [0.1, 0.15) is 38.4 Å². The Bertz CT molecular complexity index is 375. The normalized spacial score (nSPS) is 12.6. The van der Waals surface area contributed by atoms with E-state index in [1.165, 1.54) is 0 Å². The van der Waals surface area contributed by atoms with Crippen LogP contribution >= 0.6 is 11.3 Å².